The molecule has 0 rings (SSSR count). The van der Waals surface area contributed by atoms with E-state index >= 15 is 0 Å². The maximum Gasteiger partial charge on any atom is 0.508 e. The standard InChI is InChI=1S/C29H61NO4Si/c1-9-12-13-14-15-16-17-18-19-20-22-27(23-26-33-35(7,8)29(4,5)6)34-28(31)32-25-21-24-30(10-2)11-3/h27H,9-26H2,1-8H3. The Morgan fingerprint density at radius 2 is 1.31 bits per heavy atom. The van der Waals surface area contributed by atoms with E-state index in [0.29, 0.717) is 13.2 Å². The van der Waals surface area contributed by atoms with Gasteiger partial charge >= 0.3 is 6.16 Å². The molecule has 0 aliphatic carbocycles. The molecule has 0 aromatic carbocycles. The van der Waals surface area contributed by atoms with Gasteiger partial charge in [-0.25, -0.2) is 4.79 Å². The van der Waals surface area contributed by atoms with Crippen molar-refractivity contribution >= 4 is 14.5 Å². The molecule has 5 nitrogen and oxygen atoms in total. The van der Waals surface area contributed by atoms with E-state index in [-0.39, 0.29) is 11.1 Å². The number of unbranched alkanes of at least 4 members (excludes halogenated alkanes) is 9. The van der Waals surface area contributed by atoms with Crippen molar-refractivity contribution in [1.82, 2.24) is 4.90 Å². The maximum absolute atomic E-state index is 12.3. The van der Waals surface area contributed by atoms with Crippen LogP contribution in [0.15, 0.2) is 0 Å². The summed E-state index contributed by atoms with van der Waals surface area (Å²) in [4.78, 5) is 14.7. The Labute approximate surface area is 220 Å². The number of rotatable bonds is 22. The molecule has 0 N–H and O–H groups in total. The molecule has 0 bridgehead atoms. The van der Waals surface area contributed by atoms with Crippen LogP contribution in [-0.4, -0.2) is 58.3 Å². The molecule has 0 aliphatic heterocycles. The maximum atomic E-state index is 12.3. The van der Waals surface area contributed by atoms with Gasteiger partial charge in [0.1, 0.15) is 6.10 Å². The summed E-state index contributed by atoms with van der Waals surface area (Å²) < 4.78 is 17.5. The topological polar surface area (TPSA) is 48.0 Å². The van der Waals surface area contributed by atoms with E-state index in [0.717, 1.165) is 45.3 Å². The van der Waals surface area contributed by atoms with Gasteiger partial charge in [0.15, 0.2) is 8.32 Å². The summed E-state index contributed by atoms with van der Waals surface area (Å²) in [6, 6.07) is 0. The lowest BCUT2D eigenvalue weighted by atomic mass is 10.0. The summed E-state index contributed by atoms with van der Waals surface area (Å²) >= 11 is 0. The van der Waals surface area contributed by atoms with E-state index < -0.39 is 14.5 Å². The van der Waals surface area contributed by atoms with E-state index in [9.17, 15) is 4.79 Å². The van der Waals surface area contributed by atoms with Crippen LogP contribution >= 0.6 is 0 Å². The molecule has 1 atom stereocenters. The van der Waals surface area contributed by atoms with Crippen LogP contribution in [0.2, 0.25) is 18.1 Å². The first kappa shape index (κ1) is 34.4. The van der Waals surface area contributed by atoms with Crippen LogP contribution in [0.4, 0.5) is 4.79 Å². The SMILES string of the molecule is CCCCCCCCCCCCC(CCO[Si](C)(C)C(C)(C)C)OC(=O)OCCCN(CC)CC. The summed E-state index contributed by atoms with van der Waals surface area (Å²) in [5, 5.41) is 0.184. The van der Waals surface area contributed by atoms with Crippen molar-refractivity contribution in [3.8, 4) is 0 Å². The van der Waals surface area contributed by atoms with Gasteiger partial charge in [-0.1, -0.05) is 99.3 Å². The van der Waals surface area contributed by atoms with Crippen LogP contribution < -0.4 is 0 Å². The molecule has 0 fully saturated rings. The first-order chi connectivity index (χ1) is 16.6. The van der Waals surface area contributed by atoms with Gasteiger partial charge in [-0.15, -0.1) is 0 Å². The number of carbonyl (C=O) groups excluding carboxylic acids is 1. The Balaban J connectivity index is 4.39. The van der Waals surface area contributed by atoms with Gasteiger partial charge in [-0.3, -0.25) is 0 Å². The lowest BCUT2D eigenvalue weighted by Crippen LogP contribution is -2.41. The Hall–Kier alpha value is -0.593. The van der Waals surface area contributed by atoms with E-state index in [2.05, 4.69) is 59.5 Å². The zero-order chi connectivity index (χ0) is 26.6. The molecule has 0 spiro atoms. The summed E-state index contributed by atoms with van der Waals surface area (Å²) in [5.41, 5.74) is 0. The quantitative estimate of drug-likeness (QED) is 0.0818. The Kier molecular flexibility index (Phi) is 20.1. The lowest BCUT2D eigenvalue weighted by Gasteiger charge is -2.36. The zero-order valence-electron chi connectivity index (χ0n) is 24.9. The van der Waals surface area contributed by atoms with Gasteiger partial charge in [0.2, 0.25) is 0 Å². The second-order valence-corrected chi connectivity index (χ2v) is 16.4. The van der Waals surface area contributed by atoms with Gasteiger partial charge < -0.3 is 18.8 Å². The minimum atomic E-state index is -1.80. The van der Waals surface area contributed by atoms with Crippen LogP contribution in [-0.2, 0) is 13.9 Å². The highest BCUT2D eigenvalue weighted by Crippen LogP contribution is 2.36. The molecule has 0 aromatic heterocycles. The third-order valence-electron chi connectivity index (χ3n) is 7.58. The van der Waals surface area contributed by atoms with E-state index in [4.69, 9.17) is 13.9 Å². The molecular formula is C29H61NO4Si. The van der Waals surface area contributed by atoms with Crippen molar-refractivity contribution in [1.29, 1.82) is 0 Å². The minimum Gasteiger partial charge on any atom is -0.434 e. The van der Waals surface area contributed by atoms with Crippen LogP contribution in [0.1, 0.15) is 125 Å². The number of nitrogens with zero attached hydrogens (tertiary/aromatic N) is 1. The fraction of sp³-hybridized carbons (Fsp3) is 0.966. The number of hydrogen-bond acceptors (Lipinski definition) is 5. The summed E-state index contributed by atoms with van der Waals surface area (Å²) in [6.07, 6.45) is 14.9. The van der Waals surface area contributed by atoms with Gasteiger partial charge in [0, 0.05) is 19.6 Å². The molecule has 210 valence electrons. The first-order valence-corrected chi connectivity index (χ1v) is 17.7. The Morgan fingerprint density at radius 3 is 1.83 bits per heavy atom. The van der Waals surface area contributed by atoms with E-state index in [1.54, 1.807) is 0 Å². The predicted octanol–water partition coefficient (Wildman–Crippen LogP) is 8.96. The molecule has 0 amide bonds. The summed E-state index contributed by atoms with van der Waals surface area (Å²) in [5.74, 6) is 0. The third-order valence-corrected chi connectivity index (χ3v) is 12.1. The van der Waals surface area contributed by atoms with Crippen molar-refractivity contribution in [3.63, 3.8) is 0 Å². The normalized spacial score (nSPS) is 13.3. The Morgan fingerprint density at radius 1 is 0.771 bits per heavy atom. The molecular weight excluding hydrogens is 454 g/mol. The second-order valence-electron chi connectivity index (χ2n) is 11.6. The molecule has 0 saturated heterocycles. The molecule has 0 radical (unpaired) electrons. The summed E-state index contributed by atoms with van der Waals surface area (Å²) in [6.45, 7) is 22.0. The van der Waals surface area contributed by atoms with Gasteiger partial charge in [-0.2, -0.15) is 0 Å². The highest BCUT2D eigenvalue weighted by Gasteiger charge is 2.37. The van der Waals surface area contributed by atoms with Gasteiger partial charge in [0.05, 0.1) is 6.61 Å². The van der Waals surface area contributed by atoms with Crippen LogP contribution in [0.3, 0.4) is 0 Å². The summed E-state index contributed by atoms with van der Waals surface area (Å²) in [7, 11) is -1.80. The average molecular weight is 516 g/mol. The smallest absolute Gasteiger partial charge is 0.434 e. The molecule has 0 aliphatic rings. The lowest BCUT2D eigenvalue weighted by molar-refractivity contribution is 0.0110. The largest absolute Gasteiger partial charge is 0.508 e. The number of hydrogen-bond donors (Lipinski definition) is 0. The van der Waals surface area contributed by atoms with Crippen molar-refractivity contribution in [2.75, 3.05) is 32.8 Å². The minimum absolute atomic E-state index is 0.121. The highest BCUT2D eigenvalue weighted by atomic mass is 28.4. The van der Waals surface area contributed by atoms with Crippen molar-refractivity contribution in [2.45, 2.75) is 149 Å². The van der Waals surface area contributed by atoms with Crippen molar-refractivity contribution in [2.24, 2.45) is 0 Å². The van der Waals surface area contributed by atoms with Crippen molar-refractivity contribution in [3.05, 3.63) is 0 Å². The fourth-order valence-corrected chi connectivity index (χ4v) is 5.00. The first-order valence-electron chi connectivity index (χ1n) is 14.8. The number of carbonyl (C=O) groups is 1. The van der Waals surface area contributed by atoms with Gasteiger partial charge in [0.25, 0.3) is 0 Å². The highest BCUT2D eigenvalue weighted by molar-refractivity contribution is 6.74. The molecule has 0 aromatic rings. The fourth-order valence-electron chi connectivity index (χ4n) is 3.94. The number of ether oxygens (including phenoxy) is 2. The molecule has 35 heavy (non-hydrogen) atoms. The second kappa shape index (κ2) is 20.5. The van der Waals surface area contributed by atoms with Crippen LogP contribution in [0.25, 0.3) is 0 Å². The average Bonchev–Trinajstić information content (AvgIpc) is 2.79. The monoisotopic (exact) mass is 515 g/mol. The van der Waals surface area contributed by atoms with E-state index in [1.807, 2.05) is 0 Å². The molecule has 0 saturated carbocycles. The molecule has 1 unspecified atom stereocenters. The van der Waals surface area contributed by atoms with Gasteiger partial charge in [-0.05, 0) is 50.5 Å². The Bertz CT molecular complexity index is 503. The van der Waals surface area contributed by atoms with Crippen molar-refractivity contribution < 1.29 is 18.7 Å². The van der Waals surface area contributed by atoms with Crippen LogP contribution in [0.5, 0.6) is 0 Å². The third kappa shape index (κ3) is 18.3. The van der Waals surface area contributed by atoms with E-state index in [1.165, 1.54) is 57.8 Å². The van der Waals surface area contributed by atoms with Crippen LogP contribution in [0, 0.1) is 0 Å². The molecule has 0 heterocycles. The molecule has 6 heteroatoms. The zero-order valence-corrected chi connectivity index (χ0v) is 25.9. The predicted molar refractivity (Wildman–Crippen MR) is 153 cm³/mol.